The second kappa shape index (κ2) is 21.6. The molecule has 0 aromatic heterocycles. The van der Waals surface area contributed by atoms with Crippen LogP contribution in [0.25, 0.3) is 0 Å². The Morgan fingerprint density at radius 3 is 1.25 bits per heavy atom. The fourth-order valence-electron chi connectivity index (χ4n) is 0. The number of rotatable bonds is 0. The molecule has 0 saturated heterocycles. The zero-order valence-electron chi connectivity index (χ0n) is 1.41. The fraction of sp³-hybridized carbons (Fsp3) is 0. The zero-order valence-corrected chi connectivity index (χ0v) is 7.46. The van der Waals surface area contributed by atoms with E-state index in [-0.39, 0.29) is 61.5 Å². The third kappa shape index (κ3) is 9.23. The van der Waals surface area contributed by atoms with Gasteiger partial charge in [-0.1, -0.05) is 0 Å². The van der Waals surface area contributed by atoms with Crippen LogP contribution in [0.1, 0.15) is 0 Å². The molecule has 1 nitrogen and oxygen atoms in total. The van der Waals surface area contributed by atoms with E-state index >= 15 is 0 Å². The molecular weight excluding hydrogens is 314 g/mol. The summed E-state index contributed by atoms with van der Waals surface area (Å²) in [5.41, 5.74) is 0. The average molecular weight is 318 g/mol. The number of hydrogen-bond acceptors (Lipinski definition) is 1. The number of hydrogen-bond donors (Lipinski definition) is 0. The molecule has 0 aliphatic heterocycles. The molecule has 4 heteroatoms. The topological polar surface area (TPSA) is 17.1 Å². The van der Waals surface area contributed by atoms with Crippen molar-refractivity contribution in [1.82, 2.24) is 0 Å². The molecule has 4 heavy (non-hydrogen) atoms. The van der Waals surface area contributed by atoms with Crippen molar-refractivity contribution in [3.8, 4) is 0 Å². The van der Waals surface area contributed by atoms with E-state index in [0.717, 1.165) is 0 Å². The molecule has 0 aromatic rings. The van der Waals surface area contributed by atoms with Gasteiger partial charge < -0.3 is 0 Å². The summed E-state index contributed by atoms with van der Waals surface area (Å²) in [6.45, 7) is 0. The van der Waals surface area contributed by atoms with E-state index in [1.807, 2.05) is 0 Å². The minimum absolute atomic E-state index is 0. The average Bonchev–Trinajstić information content (AvgIpc) is 1.00. The largest absolute Gasteiger partial charge is 0.0149 e. The van der Waals surface area contributed by atoms with Gasteiger partial charge in [0, 0.05) is 26.2 Å². The first-order valence-corrected chi connectivity index (χ1v) is 1.67. The second-order valence-electron chi connectivity index (χ2n) is 0. The van der Waals surface area contributed by atoms with Gasteiger partial charge >= 0.3 is 27.2 Å². The summed E-state index contributed by atoms with van der Waals surface area (Å²) in [5, 5.41) is 0. The third-order valence-electron chi connectivity index (χ3n) is 0. The van der Waals surface area contributed by atoms with Crippen LogP contribution in [0.5, 0.6) is 0 Å². The monoisotopic (exact) mass is 318 g/mol. The molecule has 0 spiro atoms. The van der Waals surface area contributed by atoms with Crippen LogP contribution < -0.4 is 0 Å². The van der Waals surface area contributed by atoms with Gasteiger partial charge in [0.25, 0.3) is 0 Å². The molecule has 0 fully saturated rings. The van der Waals surface area contributed by atoms with E-state index in [4.69, 9.17) is 2.85 Å². The van der Waals surface area contributed by atoms with E-state index in [1.165, 1.54) is 0 Å². The minimum Gasteiger partial charge on any atom is -0.0149 e. The van der Waals surface area contributed by atoms with E-state index in [0.29, 0.717) is 0 Å². The van der Waals surface area contributed by atoms with Gasteiger partial charge in [0.1, 0.15) is 0 Å². The molecule has 0 amide bonds. The molecule has 0 aromatic carbocycles. The van der Waals surface area contributed by atoms with E-state index in [1.54, 1.807) is 0 Å². The van der Waals surface area contributed by atoms with Crippen LogP contribution in [-0.2, 0) is 53.4 Å². The third-order valence-corrected chi connectivity index (χ3v) is 0. The van der Waals surface area contributed by atoms with E-state index in [2.05, 4.69) is 0 Å². The standard InChI is InChI=1S/Hf.O.H4Si.Zr/h;;1H4;. The van der Waals surface area contributed by atoms with Gasteiger partial charge in [-0.15, -0.1) is 0 Å². The Morgan fingerprint density at radius 1 is 1.25 bits per heavy atom. The summed E-state index contributed by atoms with van der Waals surface area (Å²) < 4.78 is 8.39. The Labute approximate surface area is 63.7 Å². The van der Waals surface area contributed by atoms with Gasteiger partial charge in [-0.05, 0) is 11.0 Å². The fourth-order valence-corrected chi connectivity index (χ4v) is 0. The molecule has 0 rings (SSSR count). The molecule has 0 heterocycles. The smallest absolute Gasteiger partial charge is 0 e. The van der Waals surface area contributed by atoms with Crippen LogP contribution in [0, 0.1) is 0 Å². The predicted octanol–water partition coefficient (Wildman–Crippen LogP) is -1.58. The van der Waals surface area contributed by atoms with Gasteiger partial charge in [0.2, 0.25) is 0 Å². The van der Waals surface area contributed by atoms with Gasteiger partial charge in [0.15, 0.2) is 0 Å². The Balaban J connectivity index is -0.00000000500. The normalized spacial score (nSPS) is 0.750. The van der Waals surface area contributed by atoms with Crippen LogP contribution in [0.2, 0.25) is 0 Å². The summed E-state index contributed by atoms with van der Waals surface area (Å²) in [4.78, 5) is 0. The zero-order chi connectivity index (χ0) is 2.00. The molecular formula is H4HfOSiZr. The summed E-state index contributed by atoms with van der Waals surface area (Å²) in [5.74, 6) is 0. The Kier molecular flexibility index (Phi) is 92.6. The van der Waals surface area contributed by atoms with Gasteiger partial charge in [0.05, 0.1) is 0 Å². The maximum atomic E-state index is 8.39. The van der Waals surface area contributed by atoms with Crippen LogP contribution in [0.4, 0.5) is 0 Å². The van der Waals surface area contributed by atoms with Crippen molar-refractivity contribution in [2.45, 2.75) is 0 Å². The van der Waals surface area contributed by atoms with Crippen molar-refractivity contribution in [2.24, 2.45) is 0 Å². The first-order valence-electron chi connectivity index (χ1n) is 0.204. The van der Waals surface area contributed by atoms with Gasteiger partial charge in [-0.2, -0.15) is 0 Å². The van der Waals surface area contributed by atoms with Gasteiger partial charge in [-0.3, -0.25) is 0 Å². The summed E-state index contributed by atoms with van der Waals surface area (Å²) in [7, 11) is 0. The van der Waals surface area contributed by atoms with Crippen LogP contribution >= 0.6 is 0 Å². The summed E-state index contributed by atoms with van der Waals surface area (Å²) >= 11 is 0.0556. The molecule has 0 unspecified atom stereocenters. The quantitative estimate of drug-likeness (QED) is 0.493. The maximum Gasteiger partial charge on any atom is 0 e. The van der Waals surface area contributed by atoms with Gasteiger partial charge in [-0.25, -0.2) is 0 Å². The van der Waals surface area contributed by atoms with E-state index < -0.39 is 0 Å². The van der Waals surface area contributed by atoms with Crippen LogP contribution in [-0.4, -0.2) is 11.0 Å². The van der Waals surface area contributed by atoms with Crippen LogP contribution in [0.15, 0.2) is 0 Å². The summed E-state index contributed by atoms with van der Waals surface area (Å²) in [6.07, 6.45) is 0. The van der Waals surface area contributed by atoms with Crippen molar-refractivity contribution in [1.29, 1.82) is 0 Å². The molecule has 0 N–H and O–H groups in total. The summed E-state index contributed by atoms with van der Waals surface area (Å²) in [6, 6.07) is 0. The first-order chi connectivity index (χ1) is 1.00. The van der Waals surface area contributed by atoms with E-state index in [9.17, 15) is 0 Å². The Hall–Kier alpha value is 1.77. The van der Waals surface area contributed by atoms with Crippen molar-refractivity contribution in [3.05, 3.63) is 0 Å². The maximum absolute atomic E-state index is 8.39. The van der Waals surface area contributed by atoms with Crippen molar-refractivity contribution >= 4 is 11.0 Å². The molecule has 0 aliphatic carbocycles. The molecule has 0 aliphatic rings. The van der Waals surface area contributed by atoms with Crippen molar-refractivity contribution in [2.75, 3.05) is 0 Å². The molecule has 0 radical (unpaired) electrons. The second-order valence-corrected chi connectivity index (χ2v) is 0. The molecule has 0 saturated carbocycles. The Morgan fingerprint density at radius 2 is 1.25 bits per heavy atom. The van der Waals surface area contributed by atoms with Crippen molar-refractivity contribution < 1.29 is 53.4 Å². The minimum atomic E-state index is 0. The molecule has 0 bridgehead atoms. The predicted molar refractivity (Wildman–Crippen MR) is 12.0 cm³/mol. The first kappa shape index (κ1) is 17.1. The van der Waals surface area contributed by atoms with Crippen molar-refractivity contribution in [3.63, 3.8) is 0 Å². The van der Waals surface area contributed by atoms with Crippen LogP contribution in [0.3, 0.4) is 0 Å². The Bertz CT molecular complexity index is 8.00. The molecule has 0 atom stereocenters. The molecule has 22 valence electrons. The SMILES string of the molecule is [O]=[Hf].[SiH4].[Zr].